The van der Waals surface area contributed by atoms with Gasteiger partial charge in [0.2, 0.25) is 0 Å². The second-order valence-corrected chi connectivity index (χ2v) is 6.15. The first-order chi connectivity index (χ1) is 10.1. The molecular weight excluding hydrogens is 403 g/mol. The van der Waals surface area contributed by atoms with Crippen LogP contribution in [0.2, 0.25) is 0 Å². The lowest BCUT2D eigenvalue weighted by Crippen LogP contribution is -1.91. The molecule has 0 spiro atoms. The van der Waals surface area contributed by atoms with E-state index in [0.717, 1.165) is 10.0 Å². The summed E-state index contributed by atoms with van der Waals surface area (Å²) in [6.07, 6.45) is 0. The van der Waals surface area contributed by atoms with E-state index in [1.165, 1.54) is 6.07 Å². The minimum absolute atomic E-state index is 0.221. The van der Waals surface area contributed by atoms with Crippen LogP contribution in [0.5, 0.6) is 0 Å². The summed E-state index contributed by atoms with van der Waals surface area (Å²) in [7, 11) is 0. The van der Waals surface area contributed by atoms with Crippen molar-refractivity contribution in [3.8, 4) is 22.5 Å². The standard InChI is InChI=1S/C15H9Br2FN2O/c16-8-5-6-10(12(18)7-8)14-13(15(19)20-21-14)9-3-1-2-4-11(9)17/h1-7H,(H2,19,20). The van der Waals surface area contributed by atoms with Crippen molar-refractivity contribution in [3.63, 3.8) is 0 Å². The molecule has 0 aliphatic carbocycles. The number of halogens is 3. The van der Waals surface area contributed by atoms with E-state index < -0.39 is 5.82 Å². The van der Waals surface area contributed by atoms with E-state index in [1.54, 1.807) is 12.1 Å². The molecule has 0 aliphatic heterocycles. The SMILES string of the molecule is Nc1noc(-c2ccc(Br)cc2F)c1-c1ccccc1Br. The zero-order valence-electron chi connectivity index (χ0n) is 10.6. The number of nitrogens with zero attached hydrogens (tertiary/aromatic N) is 1. The monoisotopic (exact) mass is 410 g/mol. The molecule has 0 unspecified atom stereocenters. The molecule has 3 aromatic rings. The molecule has 3 nitrogen and oxygen atoms in total. The maximum absolute atomic E-state index is 14.2. The Bertz CT molecular complexity index is 817. The fraction of sp³-hybridized carbons (Fsp3) is 0. The summed E-state index contributed by atoms with van der Waals surface area (Å²) in [5, 5.41) is 3.78. The number of nitrogens with two attached hydrogens (primary N) is 1. The van der Waals surface area contributed by atoms with Crippen molar-refractivity contribution in [2.45, 2.75) is 0 Å². The average Bonchev–Trinajstić information content (AvgIpc) is 2.81. The molecule has 2 N–H and O–H groups in total. The van der Waals surface area contributed by atoms with Gasteiger partial charge in [0.1, 0.15) is 5.82 Å². The van der Waals surface area contributed by atoms with Gasteiger partial charge in [-0.05, 0) is 24.3 Å². The fourth-order valence-electron chi connectivity index (χ4n) is 2.08. The van der Waals surface area contributed by atoms with Gasteiger partial charge in [0, 0.05) is 14.5 Å². The van der Waals surface area contributed by atoms with Crippen molar-refractivity contribution >= 4 is 37.7 Å². The van der Waals surface area contributed by atoms with E-state index in [-0.39, 0.29) is 5.82 Å². The van der Waals surface area contributed by atoms with Crippen LogP contribution in [0.3, 0.4) is 0 Å². The van der Waals surface area contributed by atoms with Gasteiger partial charge in [-0.15, -0.1) is 0 Å². The van der Waals surface area contributed by atoms with Crippen molar-refractivity contribution in [2.24, 2.45) is 0 Å². The van der Waals surface area contributed by atoms with E-state index in [9.17, 15) is 4.39 Å². The maximum Gasteiger partial charge on any atom is 0.179 e. The summed E-state index contributed by atoms with van der Waals surface area (Å²) >= 11 is 6.69. The molecule has 1 heterocycles. The zero-order chi connectivity index (χ0) is 15.0. The molecule has 0 aliphatic rings. The van der Waals surface area contributed by atoms with Crippen molar-refractivity contribution in [1.29, 1.82) is 0 Å². The first kappa shape index (κ1) is 14.3. The normalized spacial score (nSPS) is 10.8. The van der Waals surface area contributed by atoms with Crippen molar-refractivity contribution in [1.82, 2.24) is 5.16 Å². The first-order valence-electron chi connectivity index (χ1n) is 6.03. The van der Waals surface area contributed by atoms with Gasteiger partial charge in [-0.1, -0.05) is 55.2 Å². The largest absolute Gasteiger partial charge is 0.380 e. The maximum atomic E-state index is 14.2. The Morgan fingerprint density at radius 1 is 1.05 bits per heavy atom. The lowest BCUT2D eigenvalue weighted by Gasteiger charge is -2.06. The minimum Gasteiger partial charge on any atom is -0.380 e. The molecule has 2 aromatic carbocycles. The molecular formula is C15H9Br2FN2O. The topological polar surface area (TPSA) is 52.0 Å². The Labute approximate surface area is 137 Å². The molecule has 0 saturated heterocycles. The third-order valence-electron chi connectivity index (χ3n) is 3.04. The summed E-state index contributed by atoms with van der Waals surface area (Å²) in [6, 6.07) is 12.2. The van der Waals surface area contributed by atoms with Gasteiger partial charge in [-0.25, -0.2) is 4.39 Å². The minimum atomic E-state index is -0.408. The van der Waals surface area contributed by atoms with Crippen molar-refractivity contribution in [2.75, 3.05) is 5.73 Å². The van der Waals surface area contributed by atoms with Gasteiger partial charge >= 0.3 is 0 Å². The number of hydrogen-bond acceptors (Lipinski definition) is 3. The van der Waals surface area contributed by atoms with Gasteiger partial charge in [0.15, 0.2) is 11.6 Å². The van der Waals surface area contributed by atoms with Crippen LogP contribution < -0.4 is 5.73 Å². The summed E-state index contributed by atoms with van der Waals surface area (Å²) in [4.78, 5) is 0. The molecule has 106 valence electrons. The highest BCUT2D eigenvalue weighted by molar-refractivity contribution is 9.10. The van der Waals surface area contributed by atoms with Crippen molar-refractivity contribution < 1.29 is 8.91 Å². The van der Waals surface area contributed by atoms with Crippen LogP contribution in [0, 0.1) is 5.82 Å². The van der Waals surface area contributed by atoms with E-state index >= 15 is 0 Å². The van der Waals surface area contributed by atoms with Gasteiger partial charge in [-0.3, -0.25) is 0 Å². The Balaban J connectivity index is 2.25. The van der Waals surface area contributed by atoms with E-state index in [1.807, 2.05) is 24.3 Å². The second-order valence-electron chi connectivity index (χ2n) is 4.38. The smallest absolute Gasteiger partial charge is 0.179 e. The second kappa shape index (κ2) is 5.61. The molecule has 3 rings (SSSR count). The fourth-order valence-corrected chi connectivity index (χ4v) is 2.90. The summed E-state index contributed by atoms with van der Waals surface area (Å²) < 4.78 is 20.9. The number of anilines is 1. The molecule has 0 atom stereocenters. The predicted molar refractivity (Wildman–Crippen MR) is 87.1 cm³/mol. The van der Waals surface area contributed by atoms with Gasteiger partial charge < -0.3 is 10.3 Å². The summed E-state index contributed by atoms with van der Waals surface area (Å²) in [6.45, 7) is 0. The molecule has 1 aromatic heterocycles. The van der Waals surface area contributed by atoms with Crippen LogP contribution in [-0.2, 0) is 0 Å². The Morgan fingerprint density at radius 3 is 2.52 bits per heavy atom. The average molecular weight is 412 g/mol. The first-order valence-corrected chi connectivity index (χ1v) is 7.62. The van der Waals surface area contributed by atoms with Crippen LogP contribution in [0.15, 0.2) is 55.9 Å². The van der Waals surface area contributed by atoms with Crippen LogP contribution in [-0.4, -0.2) is 5.16 Å². The Morgan fingerprint density at radius 2 is 1.81 bits per heavy atom. The quantitative estimate of drug-likeness (QED) is 0.626. The highest BCUT2D eigenvalue weighted by atomic mass is 79.9. The van der Waals surface area contributed by atoms with Crippen LogP contribution in [0.4, 0.5) is 10.2 Å². The van der Waals surface area contributed by atoms with Gasteiger partial charge in [0.05, 0.1) is 11.1 Å². The number of aromatic nitrogens is 1. The van der Waals surface area contributed by atoms with E-state index in [2.05, 4.69) is 37.0 Å². The van der Waals surface area contributed by atoms with E-state index in [4.69, 9.17) is 10.3 Å². The predicted octanol–water partition coefficient (Wildman–Crippen LogP) is 5.25. The highest BCUT2D eigenvalue weighted by Gasteiger charge is 2.21. The number of benzene rings is 2. The van der Waals surface area contributed by atoms with Gasteiger partial charge in [0.25, 0.3) is 0 Å². The van der Waals surface area contributed by atoms with Gasteiger partial charge in [-0.2, -0.15) is 0 Å². The summed E-state index contributed by atoms with van der Waals surface area (Å²) in [5.74, 6) is 0.123. The molecule has 0 bridgehead atoms. The van der Waals surface area contributed by atoms with Crippen LogP contribution in [0.1, 0.15) is 0 Å². The lowest BCUT2D eigenvalue weighted by molar-refractivity contribution is 0.433. The highest BCUT2D eigenvalue weighted by Crippen LogP contribution is 2.40. The lowest BCUT2D eigenvalue weighted by atomic mass is 10.0. The molecule has 0 amide bonds. The van der Waals surface area contributed by atoms with Crippen LogP contribution >= 0.6 is 31.9 Å². The molecule has 0 radical (unpaired) electrons. The molecule has 6 heteroatoms. The third-order valence-corrected chi connectivity index (χ3v) is 4.22. The van der Waals surface area contributed by atoms with E-state index in [0.29, 0.717) is 21.4 Å². The third kappa shape index (κ3) is 2.61. The molecule has 0 fully saturated rings. The van der Waals surface area contributed by atoms with Crippen molar-refractivity contribution in [3.05, 3.63) is 57.2 Å². The Hall–Kier alpha value is -1.66. The molecule has 0 saturated carbocycles. The number of nitrogen functional groups attached to an aromatic ring is 1. The van der Waals surface area contributed by atoms with Crippen LogP contribution in [0.25, 0.3) is 22.5 Å². The zero-order valence-corrected chi connectivity index (χ0v) is 13.8. The number of hydrogen-bond donors (Lipinski definition) is 1. The summed E-state index contributed by atoms with van der Waals surface area (Å²) in [5.41, 5.74) is 7.59. The number of rotatable bonds is 2. The molecule has 21 heavy (non-hydrogen) atoms. The Kier molecular flexibility index (Phi) is 3.82.